The van der Waals surface area contributed by atoms with Crippen molar-refractivity contribution in [1.29, 1.82) is 0 Å². The van der Waals surface area contributed by atoms with E-state index in [4.69, 9.17) is 16.3 Å². The number of ether oxygens (including phenoxy) is 1. The molecule has 0 atom stereocenters. The van der Waals surface area contributed by atoms with E-state index in [9.17, 15) is 9.59 Å². The van der Waals surface area contributed by atoms with Gasteiger partial charge in [0.1, 0.15) is 11.4 Å². The van der Waals surface area contributed by atoms with Crippen LogP contribution in [0, 0.1) is 0 Å². The molecule has 1 saturated heterocycles. The van der Waals surface area contributed by atoms with E-state index >= 15 is 0 Å². The largest absolute Gasteiger partial charge is 0.444 e. The lowest BCUT2D eigenvalue weighted by Gasteiger charge is -2.36. The lowest BCUT2D eigenvalue weighted by atomic mass is 10.0. The fourth-order valence-corrected chi connectivity index (χ4v) is 4.08. The highest BCUT2D eigenvalue weighted by atomic mass is 35.5. The quantitative estimate of drug-likeness (QED) is 0.574. The van der Waals surface area contributed by atoms with Crippen molar-refractivity contribution in [3.8, 4) is 0 Å². The molecule has 0 saturated carbocycles. The number of aromatic nitrogens is 1. The van der Waals surface area contributed by atoms with Crippen LogP contribution in [0.4, 0.5) is 16.3 Å². The van der Waals surface area contributed by atoms with Crippen molar-refractivity contribution < 1.29 is 14.3 Å². The molecular weight excluding hydrogens is 440 g/mol. The van der Waals surface area contributed by atoms with Gasteiger partial charge in [-0.05, 0) is 55.8 Å². The number of fused-ring (bicyclic) bond motifs is 1. The summed E-state index contributed by atoms with van der Waals surface area (Å²) >= 11 is 6.29. The molecule has 1 N–H and O–H groups in total. The van der Waals surface area contributed by atoms with Crippen molar-refractivity contribution in [3.63, 3.8) is 0 Å². The smallest absolute Gasteiger partial charge is 0.412 e. The van der Waals surface area contributed by atoms with Crippen LogP contribution in [-0.2, 0) is 4.74 Å². The van der Waals surface area contributed by atoms with E-state index in [2.05, 4.69) is 15.2 Å². The maximum atomic E-state index is 13.5. The normalized spacial score (nSPS) is 14.3. The molecule has 1 fully saturated rings. The maximum absolute atomic E-state index is 13.5. The average molecular weight is 467 g/mol. The van der Waals surface area contributed by atoms with Gasteiger partial charge in [-0.3, -0.25) is 10.1 Å². The van der Waals surface area contributed by atoms with Crippen LogP contribution < -0.4 is 10.2 Å². The second-order valence-corrected chi connectivity index (χ2v) is 9.37. The second kappa shape index (κ2) is 9.27. The Morgan fingerprint density at radius 1 is 1.00 bits per heavy atom. The number of pyridine rings is 1. The first kappa shape index (κ1) is 22.9. The molecule has 0 bridgehead atoms. The third kappa shape index (κ3) is 5.37. The van der Waals surface area contributed by atoms with E-state index in [1.165, 1.54) is 0 Å². The molecule has 1 aromatic heterocycles. The second-order valence-electron chi connectivity index (χ2n) is 8.96. The number of hydrogen-bond donors (Lipinski definition) is 1. The number of carbonyl (C=O) groups is 2. The van der Waals surface area contributed by atoms with Crippen LogP contribution in [0.2, 0.25) is 5.02 Å². The Bertz CT molecular complexity index is 1180. The molecule has 2 amide bonds. The van der Waals surface area contributed by atoms with E-state index in [1.54, 1.807) is 37.9 Å². The van der Waals surface area contributed by atoms with Crippen molar-refractivity contribution in [2.24, 2.45) is 0 Å². The third-order valence-electron chi connectivity index (χ3n) is 5.36. The molecule has 7 nitrogen and oxygen atoms in total. The van der Waals surface area contributed by atoms with E-state index in [-0.39, 0.29) is 5.91 Å². The Balaban J connectivity index is 1.57. The van der Waals surface area contributed by atoms with Crippen LogP contribution in [0.3, 0.4) is 0 Å². The van der Waals surface area contributed by atoms with Gasteiger partial charge in [-0.15, -0.1) is 0 Å². The summed E-state index contributed by atoms with van der Waals surface area (Å²) in [6.07, 6.45) is 1.11. The number of rotatable bonds is 3. The van der Waals surface area contributed by atoms with E-state index in [0.29, 0.717) is 42.5 Å². The lowest BCUT2D eigenvalue weighted by Crippen LogP contribution is -2.49. The van der Waals surface area contributed by atoms with Crippen molar-refractivity contribution in [1.82, 2.24) is 9.88 Å². The number of anilines is 2. The highest BCUT2D eigenvalue weighted by Gasteiger charge is 2.27. The summed E-state index contributed by atoms with van der Waals surface area (Å²) in [7, 11) is 0. The number of piperazine rings is 1. The lowest BCUT2D eigenvalue weighted by molar-refractivity contribution is 0.0636. The number of carbonyl (C=O) groups excluding carboxylic acids is 2. The summed E-state index contributed by atoms with van der Waals surface area (Å²) in [5.74, 6) is 0.586. The number of nitrogens with zero attached hydrogens (tertiary/aromatic N) is 3. The summed E-state index contributed by atoms with van der Waals surface area (Å²) < 4.78 is 5.41. The first-order chi connectivity index (χ1) is 15.7. The minimum atomic E-state index is -0.645. The van der Waals surface area contributed by atoms with Gasteiger partial charge in [0.05, 0.1) is 16.3 Å². The summed E-state index contributed by atoms with van der Waals surface area (Å²) in [5.41, 5.74) is 0.223. The molecule has 1 aliphatic rings. The van der Waals surface area contributed by atoms with Gasteiger partial charge in [0.25, 0.3) is 5.91 Å². The Hall–Kier alpha value is -3.32. The molecule has 2 aromatic carbocycles. The van der Waals surface area contributed by atoms with Crippen LogP contribution in [0.5, 0.6) is 0 Å². The zero-order valence-corrected chi connectivity index (χ0v) is 19.7. The van der Waals surface area contributed by atoms with Gasteiger partial charge in [-0.2, -0.15) is 0 Å². The highest BCUT2D eigenvalue weighted by Crippen LogP contribution is 2.28. The van der Waals surface area contributed by atoms with Gasteiger partial charge < -0.3 is 14.5 Å². The minimum absolute atomic E-state index is 0.140. The van der Waals surface area contributed by atoms with Crippen molar-refractivity contribution >= 4 is 45.9 Å². The van der Waals surface area contributed by atoms with E-state index < -0.39 is 11.7 Å². The molecule has 0 unspecified atom stereocenters. The Labute approximate surface area is 198 Å². The van der Waals surface area contributed by atoms with Crippen molar-refractivity contribution in [2.75, 3.05) is 36.4 Å². The minimum Gasteiger partial charge on any atom is -0.444 e. The number of benzene rings is 2. The van der Waals surface area contributed by atoms with Gasteiger partial charge in [-0.25, -0.2) is 9.78 Å². The molecule has 0 radical (unpaired) electrons. The predicted octanol–water partition coefficient (Wildman–Crippen LogP) is 5.20. The summed E-state index contributed by atoms with van der Waals surface area (Å²) in [6.45, 7) is 7.66. The zero-order valence-electron chi connectivity index (χ0n) is 19.0. The average Bonchev–Trinajstić information content (AvgIpc) is 2.77. The first-order valence-electron chi connectivity index (χ1n) is 10.9. The summed E-state index contributed by atoms with van der Waals surface area (Å²) in [5, 5.41) is 5.22. The van der Waals surface area contributed by atoms with Gasteiger partial charge in [0.15, 0.2) is 0 Å². The molecular formula is C25H27ClN4O3. The molecule has 4 rings (SSSR count). The Kier molecular flexibility index (Phi) is 6.42. The molecule has 0 spiro atoms. The Morgan fingerprint density at radius 2 is 1.67 bits per heavy atom. The maximum Gasteiger partial charge on any atom is 0.412 e. The summed E-state index contributed by atoms with van der Waals surface area (Å²) in [4.78, 5) is 34.2. The van der Waals surface area contributed by atoms with Gasteiger partial charge in [0.2, 0.25) is 0 Å². The van der Waals surface area contributed by atoms with Crippen molar-refractivity contribution in [3.05, 3.63) is 65.3 Å². The topological polar surface area (TPSA) is 74.8 Å². The Morgan fingerprint density at radius 3 is 2.30 bits per heavy atom. The first-order valence-corrected chi connectivity index (χ1v) is 11.3. The van der Waals surface area contributed by atoms with Gasteiger partial charge in [0, 0.05) is 32.4 Å². The number of amides is 2. The molecule has 172 valence electrons. The molecule has 1 aliphatic heterocycles. The highest BCUT2D eigenvalue weighted by molar-refractivity contribution is 6.32. The van der Waals surface area contributed by atoms with E-state index in [0.717, 1.165) is 16.6 Å². The van der Waals surface area contributed by atoms with Gasteiger partial charge in [-0.1, -0.05) is 35.9 Å². The van der Waals surface area contributed by atoms with Crippen LogP contribution in [0.1, 0.15) is 31.1 Å². The van der Waals surface area contributed by atoms with Crippen LogP contribution in [-0.4, -0.2) is 53.7 Å². The van der Waals surface area contributed by atoms with Crippen LogP contribution in [0.15, 0.2) is 54.7 Å². The zero-order chi connectivity index (χ0) is 23.6. The third-order valence-corrected chi connectivity index (χ3v) is 5.65. The SMILES string of the molecule is CC(C)(C)OC(=O)Nc1cc2ccccc2cc1C(=O)N1CCN(c2ncccc2Cl)CC1. The standard InChI is InChI=1S/C25H27ClN4O3/c1-25(2,3)33-24(32)28-21-16-18-8-5-4-7-17(18)15-19(21)23(31)30-13-11-29(12-14-30)22-20(26)9-6-10-27-22/h4-10,15-16H,11-14H2,1-3H3,(H,28,32). The monoisotopic (exact) mass is 466 g/mol. The number of halogens is 1. The molecule has 33 heavy (non-hydrogen) atoms. The van der Waals surface area contributed by atoms with E-state index in [1.807, 2.05) is 42.5 Å². The molecule has 3 aromatic rings. The van der Waals surface area contributed by atoms with Crippen LogP contribution in [0.25, 0.3) is 10.8 Å². The number of hydrogen-bond acceptors (Lipinski definition) is 5. The molecule has 0 aliphatic carbocycles. The summed E-state index contributed by atoms with van der Waals surface area (Å²) in [6, 6.07) is 15.0. The molecule has 2 heterocycles. The van der Waals surface area contributed by atoms with Crippen LogP contribution >= 0.6 is 11.6 Å². The fourth-order valence-electron chi connectivity index (χ4n) is 3.84. The predicted molar refractivity (Wildman–Crippen MR) is 131 cm³/mol. The fraction of sp³-hybridized carbons (Fsp3) is 0.320. The van der Waals surface area contributed by atoms with Crippen molar-refractivity contribution in [2.45, 2.75) is 26.4 Å². The number of nitrogens with one attached hydrogen (secondary N) is 1. The molecule has 8 heteroatoms. The van der Waals surface area contributed by atoms with Gasteiger partial charge >= 0.3 is 6.09 Å².